The van der Waals surface area contributed by atoms with Gasteiger partial charge in [-0.25, -0.2) is 9.37 Å². The Labute approximate surface area is 166 Å². The van der Waals surface area contributed by atoms with E-state index in [9.17, 15) is 9.18 Å². The van der Waals surface area contributed by atoms with Crippen LogP contribution in [0.5, 0.6) is 11.5 Å². The molecule has 5 nitrogen and oxygen atoms in total. The number of allylic oxidation sites excluding steroid dienone is 1. The number of halogens is 1. The minimum absolute atomic E-state index is 0.178. The fraction of sp³-hybridized carbons (Fsp3) is 0.143. The van der Waals surface area contributed by atoms with Gasteiger partial charge in [-0.1, -0.05) is 12.1 Å². The van der Waals surface area contributed by atoms with Crippen molar-refractivity contribution in [2.24, 2.45) is 0 Å². The Morgan fingerprint density at radius 2 is 2.04 bits per heavy atom. The molecular weight excluding hydrogens is 379 g/mol. The number of aromatic nitrogens is 1. The molecule has 3 aromatic rings. The van der Waals surface area contributed by atoms with Crippen LogP contribution < -0.4 is 14.8 Å². The van der Waals surface area contributed by atoms with Crippen molar-refractivity contribution in [1.29, 1.82) is 0 Å². The van der Waals surface area contributed by atoms with E-state index in [-0.39, 0.29) is 18.3 Å². The minimum Gasteiger partial charge on any atom is -0.493 e. The molecule has 28 heavy (non-hydrogen) atoms. The molecule has 1 aromatic heterocycles. The molecule has 0 unspecified atom stereocenters. The second kappa shape index (κ2) is 9.14. The number of amides is 1. The van der Waals surface area contributed by atoms with E-state index in [1.807, 2.05) is 12.1 Å². The highest BCUT2D eigenvalue weighted by Crippen LogP contribution is 2.29. The number of thiazole rings is 1. The van der Waals surface area contributed by atoms with Crippen LogP contribution in [-0.2, 0) is 11.2 Å². The molecule has 0 bridgehead atoms. The van der Waals surface area contributed by atoms with Crippen molar-refractivity contribution in [2.45, 2.75) is 6.42 Å². The quantitative estimate of drug-likeness (QED) is 0.559. The highest BCUT2D eigenvalue weighted by atomic mass is 32.1. The van der Waals surface area contributed by atoms with Crippen molar-refractivity contribution >= 4 is 22.4 Å². The van der Waals surface area contributed by atoms with E-state index in [0.29, 0.717) is 22.3 Å². The van der Waals surface area contributed by atoms with Crippen LogP contribution in [0.4, 0.5) is 9.52 Å². The van der Waals surface area contributed by atoms with E-state index in [2.05, 4.69) is 16.9 Å². The van der Waals surface area contributed by atoms with Gasteiger partial charge in [0.2, 0.25) is 0 Å². The Balaban J connectivity index is 1.59. The first-order chi connectivity index (χ1) is 13.6. The van der Waals surface area contributed by atoms with Gasteiger partial charge in [0.05, 0.1) is 12.8 Å². The second-order valence-electron chi connectivity index (χ2n) is 5.86. The van der Waals surface area contributed by atoms with Crippen LogP contribution >= 0.6 is 11.3 Å². The molecule has 2 aromatic carbocycles. The Hall–Kier alpha value is -3.19. The lowest BCUT2D eigenvalue weighted by Crippen LogP contribution is -2.20. The van der Waals surface area contributed by atoms with Crippen LogP contribution in [0.25, 0.3) is 11.3 Å². The number of carbonyl (C=O) groups is 1. The van der Waals surface area contributed by atoms with E-state index in [1.165, 1.54) is 23.5 Å². The number of rotatable bonds is 8. The van der Waals surface area contributed by atoms with E-state index in [4.69, 9.17) is 9.47 Å². The maximum atomic E-state index is 13.0. The number of nitrogens with one attached hydrogen (secondary N) is 1. The lowest BCUT2D eigenvalue weighted by atomic mass is 10.1. The maximum absolute atomic E-state index is 13.0. The number of hydrogen-bond donors (Lipinski definition) is 1. The van der Waals surface area contributed by atoms with Crippen molar-refractivity contribution in [1.82, 2.24) is 4.98 Å². The Kier molecular flexibility index (Phi) is 6.39. The van der Waals surface area contributed by atoms with Crippen LogP contribution in [0.15, 0.2) is 60.5 Å². The molecule has 0 aliphatic rings. The third-order valence-electron chi connectivity index (χ3n) is 3.86. The molecule has 3 rings (SSSR count). The third kappa shape index (κ3) is 4.95. The summed E-state index contributed by atoms with van der Waals surface area (Å²) in [5.74, 6) is 0.395. The standard InChI is InChI=1S/C21H19FN2O3S/c1-3-4-14-5-10-18(19(11-14)26-2)27-12-20(25)24-21-23-17(13-28-21)15-6-8-16(22)9-7-15/h3,5-11,13H,1,4,12H2,2H3,(H,23,24,25). The number of nitrogens with zero attached hydrogens (tertiary/aromatic N) is 1. The average Bonchev–Trinajstić information content (AvgIpc) is 3.16. The first-order valence-corrected chi connectivity index (χ1v) is 9.39. The van der Waals surface area contributed by atoms with Gasteiger partial charge in [0, 0.05) is 10.9 Å². The Bertz CT molecular complexity index is 970. The smallest absolute Gasteiger partial charge is 0.264 e. The minimum atomic E-state index is -0.336. The summed E-state index contributed by atoms with van der Waals surface area (Å²) in [5.41, 5.74) is 2.49. The van der Waals surface area contributed by atoms with Crippen molar-refractivity contribution in [3.63, 3.8) is 0 Å². The van der Waals surface area contributed by atoms with E-state index in [0.717, 1.165) is 17.5 Å². The SMILES string of the molecule is C=CCc1ccc(OCC(=O)Nc2nc(-c3ccc(F)cc3)cs2)c(OC)c1. The van der Waals surface area contributed by atoms with Gasteiger partial charge in [-0.3, -0.25) is 10.1 Å². The van der Waals surface area contributed by atoms with Crippen molar-refractivity contribution in [3.05, 3.63) is 71.9 Å². The first kappa shape index (κ1) is 19.6. The van der Waals surface area contributed by atoms with Crippen molar-refractivity contribution in [2.75, 3.05) is 19.0 Å². The van der Waals surface area contributed by atoms with Crippen LogP contribution in [0.3, 0.4) is 0 Å². The summed E-state index contributed by atoms with van der Waals surface area (Å²) in [6.07, 6.45) is 2.52. The summed E-state index contributed by atoms with van der Waals surface area (Å²) >= 11 is 1.29. The molecule has 0 aliphatic carbocycles. The molecule has 1 heterocycles. The van der Waals surface area contributed by atoms with E-state index >= 15 is 0 Å². The molecule has 1 N–H and O–H groups in total. The molecule has 0 atom stereocenters. The fourth-order valence-corrected chi connectivity index (χ4v) is 3.24. The predicted octanol–water partition coefficient (Wildman–Crippen LogP) is 4.70. The number of hydrogen-bond acceptors (Lipinski definition) is 5. The molecule has 144 valence electrons. The van der Waals surface area contributed by atoms with Gasteiger partial charge in [0.15, 0.2) is 23.2 Å². The Morgan fingerprint density at radius 1 is 1.25 bits per heavy atom. The van der Waals surface area contributed by atoms with Gasteiger partial charge in [-0.15, -0.1) is 17.9 Å². The third-order valence-corrected chi connectivity index (χ3v) is 4.62. The normalized spacial score (nSPS) is 10.4. The molecule has 0 aliphatic heterocycles. The van der Waals surface area contributed by atoms with Crippen LogP contribution in [0, 0.1) is 5.82 Å². The number of anilines is 1. The molecule has 0 radical (unpaired) electrons. The summed E-state index contributed by atoms with van der Waals surface area (Å²) in [6.45, 7) is 3.53. The zero-order valence-corrected chi connectivity index (χ0v) is 16.1. The van der Waals surface area contributed by atoms with E-state index in [1.54, 1.807) is 36.8 Å². The number of ether oxygens (including phenoxy) is 2. The largest absolute Gasteiger partial charge is 0.493 e. The lowest BCUT2D eigenvalue weighted by Gasteiger charge is -2.11. The van der Waals surface area contributed by atoms with Gasteiger partial charge in [0.25, 0.3) is 5.91 Å². The molecular formula is C21H19FN2O3S. The molecule has 1 amide bonds. The van der Waals surface area contributed by atoms with Gasteiger partial charge in [0.1, 0.15) is 5.82 Å². The van der Waals surface area contributed by atoms with E-state index < -0.39 is 0 Å². The lowest BCUT2D eigenvalue weighted by molar-refractivity contribution is -0.118. The fourth-order valence-electron chi connectivity index (χ4n) is 2.51. The number of methoxy groups -OCH3 is 1. The second-order valence-corrected chi connectivity index (χ2v) is 6.72. The van der Waals surface area contributed by atoms with Crippen LogP contribution in [-0.4, -0.2) is 24.6 Å². The monoisotopic (exact) mass is 398 g/mol. The zero-order valence-electron chi connectivity index (χ0n) is 15.3. The van der Waals surface area contributed by atoms with Crippen molar-refractivity contribution in [3.8, 4) is 22.8 Å². The highest BCUT2D eigenvalue weighted by molar-refractivity contribution is 7.14. The molecule has 7 heteroatoms. The molecule has 0 spiro atoms. The van der Waals surface area contributed by atoms with Gasteiger partial charge in [-0.2, -0.15) is 0 Å². The van der Waals surface area contributed by atoms with Crippen LogP contribution in [0.2, 0.25) is 0 Å². The van der Waals surface area contributed by atoms with Gasteiger partial charge < -0.3 is 9.47 Å². The average molecular weight is 398 g/mol. The first-order valence-electron chi connectivity index (χ1n) is 8.51. The number of benzene rings is 2. The summed E-state index contributed by atoms with van der Waals surface area (Å²) in [5, 5.41) is 4.94. The summed E-state index contributed by atoms with van der Waals surface area (Å²) in [6, 6.07) is 11.5. The summed E-state index contributed by atoms with van der Waals surface area (Å²) < 4.78 is 23.9. The Morgan fingerprint density at radius 3 is 2.75 bits per heavy atom. The number of carbonyl (C=O) groups excluding carboxylic acids is 1. The summed E-state index contributed by atoms with van der Waals surface area (Å²) in [4.78, 5) is 16.5. The molecule has 0 saturated heterocycles. The predicted molar refractivity (Wildman–Crippen MR) is 109 cm³/mol. The van der Waals surface area contributed by atoms with Crippen molar-refractivity contribution < 1.29 is 18.7 Å². The molecule has 0 saturated carbocycles. The summed E-state index contributed by atoms with van der Waals surface area (Å²) in [7, 11) is 1.55. The van der Waals surface area contributed by atoms with Crippen LogP contribution in [0.1, 0.15) is 5.56 Å². The topological polar surface area (TPSA) is 60.5 Å². The molecule has 0 fully saturated rings. The zero-order chi connectivity index (χ0) is 19.9. The maximum Gasteiger partial charge on any atom is 0.264 e. The van der Waals surface area contributed by atoms with Gasteiger partial charge >= 0.3 is 0 Å². The highest BCUT2D eigenvalue weighted by Gasteiger charge is 2.11. The van der Waals surface area contributed by atoms with Gasteiger partial charge in [-0.05, 0) is 48.4 Å².